The number of hydrogen-bond donors (Lipinski definition) is 6. The average molecular weight is 402 g/mol. The second-order valence-corrected chi connectivity index (χ2v) is 8.66. The summed E-state index contributed by atoms with van der Waals surface area (Å²) in [7, 11) is 0. The number of aliphatic hydroxyl groups excluding tert-OH is 1. The molecular weight excluding hydrogens is 350 g/mol. The first-order chi connectivity index (χ1) is 13.5. The third-order valence-electron chi connectivity index (χ3n) is 5.05. The summed E-state index contributed by atoms with van der Waals surface area (Å²) in [5.74, 6) is 0. The Hall–Kier alpha value is -0.240. The van der Waals surface area contributed by atoms with Gasteiger partial charge in [0.2, 0.25) is 0 Å². The van der Waals surface area contributed by atoms with Gasteiger partial charge in [-0.3, -0.25) is 0 Å². The highest BCUT2D eigenvalue weighted by atomic mass is 16.2. The Bertz CT molecular complexity index is 317. The maximum absolute atomic E-state index is 8.75. The van der Waals surface area contributed by atoms with Crippen LogP contribution in [0.1, 0.15) is 79.1 Å². The van der Waals surface area contributed by atoms with Gasteiger partial charge < -0.3 is 32.1 Å². The molecule has 0 amide bonds. The molecule has 28 heavy (non-hydrogen) atoms. The molecular formula is C22H51N5O. The van der Waals surface area contributed by atoms with Gasteiger partial charge in [-0.2, -0.15) is 0 Å². The summed E-state index contributed by atoms with van der Waals surface area (Å²) in [4.78, 5) is 0. The fourth-order valence-electron chi connectivity index (χ4n) is 3.10. The minimum atomic E-state index is 0.206. The monoisotopic (exact) mass is 401 g/mol. The molecule has 0 aromatic carbocycles. The van der Waals surface area contributed by atoms with Crippen LogP contribution in [-0.2, 0) is 0 Å². The smallest absolute Gasteiger partial charge is 0.0431 e. The topological polar surface area (TPSA) is 94.4 Å². The molecule has 0 aliphatic heterocycles. The van der Waals surface area contributed by atoms with E-state index < -0.39 is 0 Å². The first-order valence-corrected chi connectivity index (χ1v) is 11.7. The van der Waals surface area contributed by atoms with E-state index in [1.54, 1.807) is 0 Å². The van der Waals surface area contributed by atoms with Crippen molar-refractivity contribution in [1.29, 1.82) is 0 Å². The highest BCUT2D eigenvalue weighted by molar-refractivity contribution is 4.73. The molecule has 4 unspecified atom stereocenters. The molecule has 0 aromatic rings. The summed E-state index contributed by atoms with van der Waals surface area (Å²) < 4.78 is 0. The Labute approximate surface area is 175 Å². The highest BCUT2D eigenvalue weighted by Gasteiger charge is 2.07. The van der Waals surface area contributed by atoms with Crippen molar-refractivity contribution in [2.24, 2.45) is 5.73 Å². The molecule has 7 N–H and O–H groups in total. The molecule has 6 heteroatoms. The van der Waals surface area contributed by atoms with E-state index in [4.69, 9.17) is 10.8 Å². The predicted molar refractivity (Wildman–Crippen MR) is 123 cm³/mol. The molecule has 0 rings (SSSR count). The van der Waals surface area contributed by atoms with Gasteiger partial charge in [0.25, 0.3) is 0 Å². The Morgan fingerprint density at radius 1 is 0.607 bits per heavy atom. The lowest BCUT2D eigenvalue weighted by molar-refractivity contribution is 0.282. The normalized spacial score (nSPS) is 16.1. The average Bonchev–Trinajstić information content (AvgIpc) is 2.67. The van der Waals surface area contributed by atoms with Crippen molar-refractivity contribution in [3.05, 3.63) is 0 Å². The van der Waals surface area contributed by atoms with Crippen LogP contribution in [0.3, 0.4) is 0 Å². The molecule has 0 bridgehead atoms. The van der Waals surface area contributed by atoms with Crippen LogP contribution in [0.15, 0.2) is 0 Å². The molecule has 0 aromatic heterocycles. The van der Waals surface area contributed by atoms with Crippen LogP contribution in [0.2, 0.25) is 0 Å². The number of nitrogens with two attached hydrogens (primary N) is 1. The van der Waals surface area contributed by atoms with Crippen molar-refractivity contribution < 1.29 is 5.11 Å². The second kappa shape index (κ2) is 20.0. The Morgan fingerprint density at radius 3 is 1.54 bits per heavy atom. The number of aliphatic hydroxyl groups is 1. The van der Waals surface area contributed by atoms with Crippen molar-refractivity contribution in [2.45, 2.75) is 103 Å². The Balaban J connectivity index is 3.41. The van der Waals surface area contributed by atoms with Crippen LogP contribution in [0.5, 0.6) is 0 Å². The fourth-order valence-corrected chi connectivity index (χ4v) is 3.10. The largest absolute Gasteiger partial charge is 0.396 e. The molecule has 0 radical (unpaired) electrons. The second-order valence-electron chi connectivity index (χ2n) is 8.66. The standard InChI is InChI=1S/C22H51N5O/c1-19(23)15-25-21(3)17-27-22(4)18-26-20(2)16-24-13-11-9-7-5-6-8-10-12-14-28/h19-22,24-28H,5-18,23H2,1-4H3. The lowest BCUT2D eigenvalue weighted by Gasteiger charge is -2.22. The van der Waals surface area contributed by atoms with Gasteiger partial charge >= 0.3 is 0 Å². The fraction of sp³-hybridized carbons (Fsp3) is 1.00. The van der Waals surface area contributed by atoms with E-state index in [9.17, 15) is 0 Å². The van der Waals surface area contributed by atoms with E-state index >= 15 is 0 Å². The lowest BCUT2D eigenvalue weighted by Crippen LogP contribution is -2.47. The van der Waals surface area contributed by atoms with E-state index in [0.717, 1.165) is 39.1 Å². The Kier molecular flexibility index (Phi) is 19.9. The van der Waals surface area contributed by atoms with Gasteiger partial charge in [0.05, 0.1) is 0 Å². The number of hydrogen-bond acceptors (Lipinski definition) is 6. The maximum atomic E-state index is 8.75. The summed E-state index contributed by atoms with van der Waals surface area (Å²) in [6.07, 6.45) is 10.0. The molecule has 0 spiro atoms. The van der Waals surface area contributed by atoms with E-state index in [2.05, 4.69) is 42.0 Å². The molecule has 170 valence electrons. The van der Waals surface area contributed by atoms with Crippen LogP contribution in [0.25, 0.3) is 0 Å². The van der Waals surface area contributed by atoms with Gasteiger partial charge in [0.1, 0.15) is 0 Å². The third-order valence-corrected chi connectivity index (χ3v) is 5.05. The van der Waals surface area contributed by atoms with Gasteiger partial charge in [-0.05, 0) is 47.1 Å². The summed E-state index contributed by atoms with van der Waals surface area (Å²) in [6, 6.07) is 1.59. The van der Waals surface area contributed by atoms with Crippen LogP contribution in [0.4, 0.5) is 0 Å². The van der Waals surface area contributed by atoms with Gasteiger partial charge in [-0.15, -0.1) is 0 Å². The molecule has 6 nitrogen and oxygen atoms in total. The van der Waals surface area contributed by atoms with Crippen LogP contribution < -0.4 is 27.0 Å². The zero-order valence-electron chi connectivity index (χ0n) is 19.2. The quantitative estimate of drug-likeness (QED) is 0.165. The van der Waals surface area contributed by atoms with Crippen LogP contribution >= 0.6 is 0 Å². The summed E-state index contributed by atoms with van der Waals surface area (Å²) in [6.45, 7) is 14.0. The summed E-state index contributed by atoms with van der Waals surface area (Å²) in [5, 5.41) is 22.9. The minimum absolute atomic E-state index is 0.206. The molecule has 0 heterocycles. The van der Waals surface area contributed by atoms with Crippen molar-refractivity contribution in [3.63, 3.8) is 0 Å². The van der Waals surface area contributed by atoms with Crippen molar-refractivity contribution in [1.82, 2.24) is 21.3 Å². The first kappa shape index (κ1) is 27.8. The van der Waals surface area contributed by atoms with Gasteiger partial charge in [0, 0.05) is 57.0 Å². The predicted octanol–water partition coefficient (Wildman–Crippen LogP) is 1.97. The summed E-state index contributed by atoms with van der Waals surface area (Å²) in [5.41, 5.74) is 5.77. The van der Waals surface area contributed by atoms with Crippen molar-refractivity contribution in [3.8, 4) is 0 Å². The molecule has 0 aliphatic carbocycles. The maximum Gasteiger partial charge on any atom is 0.0431 e. The van der Waals surface area contributed by atoms with E-state index in [1.807, 2.05) is 6.92 Å². The van der Waals surface area contributed by atoms with Gasteiger partial charge in [-0.1, -0.05) is 38.5 Å². The van der Waals surface area contributed by atoms with E-state index in [-0.39, 0.29) is 6.04 Å². The van der Waals surface area contributed by atoms with Crippen LogP contribution in [-0.4, -0.2) is 68.6 Å². The molecule has 4 atom stereocenters. The first-order valence-electron chi connectivity index (χ1n) is 11.7. The molecule has 0 aliphatic rings. The summed E-state index contributed by atoms with van der Waals surface area (Å²) >= 11 is 0. The highest BCUT2D eigenvalue weighted by Crippen LogP contribution is 2.07. The van der Waals surface area contributed by atoms with Crippen molar-refractivity contribution >= 4 is 0 Å². The third kappa shape index (κ3) is 20.5. The number of rotatable bonds is 21. The lowest BCUT2D eigenvalue weighted by atomic mass is 10.1. The van der Waals surface area contributed by atoms with Crippen LogP contribution in [0, 0.1) is 0 Å². The molecule has 0 fully saturated rings. The Morgan fingerprint density at radius 2 is 1.04 bits per heavy atom. The molecule has 0 saturated carbocycles. The number of unbranched alkanes of at least 4 members (excludes halogenated alkanes) is 7. The molecule has 0 saturated heterocycles. The van der Waals surface area contributed by atoms with E-state index in [1.165, 1.54) is 44.9 Å². The van der Waals surface area contributed by atoms with Gasteiger partial charge in [0.15, 0.2) is 0 Å². The zero-order chi connectivity index (χ0) is 21.0. The van der Waals surface area contributed by atoms with E-state index in [0.29, 0.717) is 24.7 Å². The van der Waals surface area contributed by atoms with Gasteiger partial charge in [-0.25, -0.2) is 0 Å². The number of nitrogens with one attached hydrogen (secondary N) is 4. The SMILES string of the molecule is CC(N)CNC(C)CNC(C)CNC(C)CNCCCCCCCCCCO. The van der Waals surface area contributed by atoms with Crippen molar-refractivity contribution in [2.75, 3.05) is 39.3 Å². The minimum Gasteiger partial charge on any atom is -0.396 e. The zero-order valence-corrected chi connectivity index (χ0v) is 19.2.